The van der Waals surface area contributed by atoms with Gasteiger partial charge in [0.05, 0.1) is 36.0 Å². The van der Waals surface area contributed by atoms with Crippen LogP contribution in [0.5, 0.6) is 5.75 Å². The van der Waals surface area contributed by atoms with Crippen LogP contribution >= 0.6 is 22.7 Å². The van der Waals surface area contributed by atoms with Gasteiger partial charge in [-0.2, -0.15) is 0 Å². The van der Waals surface area contributed by atoms with Crippen molar-refractivity contribution in [2.75, 3.05) is 32.8 Å². The third kappa shape index (κ3) is 8.27. The number of nitrogens with one attached hydrogen (secondary N) is 1. The number of ether oxygens (including phenoxy) is 2. The van der Waals surface area contributed by atoms with E-state index in [0.29, 0.717) is 22.3 Å². The predicted molar refractivity (Wildman–Crippen MR) is 189 cm³/mol. The Morgan fingerprint density at radius 2 is 1.37 bits per heavy atom. The van der Waals surface area contributed by atoms with Gasteiger partial charge < -0.3 is 53.0 Å². The number of aromatic nitrogens is 1. The van der Waals surface area contributed by atoms with Crippen LogP contribution in [0, 0.1) is 5.92 Å². The number of quaternary nitrogens is 1. The normalized spacial score (nSPS) is 19.6. The van der Waals surface area contributed by atoms with E-state index < -0.39 is 11.6 Å². The number of rotatable bonds is 9. The Kier molecular flexibility index (Phi) is 12.7. The molecule has 1 atom stereocenters. The molecule has 6 nitrogen and oxygen atoms in total. The number of esters is 1. The van der Waals surface area contributed by atoms with Gasteiger partial charge in [-0.1, -0.05) is 54.6 Å². The summed E-state index contributed by atoms with van der Waals surface area (Å²) in [6.45, 7) is 4.79. The van der Waals surface area contributed by atoms with Crippen molar-refractivity contribution in [1.82, 2.24) is 0 Å². The molecule has 9 rings (SSSR count). The summed E-state index contributed by atoms with van der Waals surface area (Å²) < 4.78 is 13.0. The van der Waals surface area contributed by atoms with Crippen LogP contribution in [0.25, 0.3) is 21.8 Å². The Hall–Kier alpha value is -3.12. The summed E-state index contributed by atoms with van der Waals surface area (Å²) in [4.78, 5) is 18.1. The monoisotopic (exact) mass is 822 g/mol. The first-order valence-electron chi connectivity index (χ1n) is 16.4. The number of nitrogens with zero attached hydrogens (tertiary/aromatic N) is 1. The average molecular weight is 825 g/mol. The number of carbonyl (C=O) groups is 1. The molecular formula is C39H40Br2N2O4S2. The lowest BCUT2D eigenvalue weighted by Gasteiger charge is -2.52. The molecule has 256 valence electrons. The molecule has 0 unspecified atom stereocenters. The van der Waals surface area contributed by atoms with Crippen LogP contribution in [0.3, 0.4) is 0 Å². The summed E-state index contributed by atoms with van der Waals surface area (Å²) >= 11 is 2.77. The van der Waals surface area contributed by atoms with Gasteiger partial charge in [0, 0.05) is 48.1 Å². The molecule has 0 saturated carbocycles. The lowest BCUT2D eigenvalue weighted by Crippen LogP contribution is -3.00. The number of thiophene rings is 2. The fourth-order valence-corrected chi connectivity index (χ4v) is 8.79. The Morgan fingerprint density at radius 1 is 0.796 bits per heavy atom. The van der Waals surface area contributed by atoms with Crippen LogP contribution in [0.4, 0.5) is 0 Å². The van der Waals surface area contributed by atoms with Gasteiger partial charge in [0.25, 0.3) is 0 Å². The van der Waals surface area contributed by atoms with Crippen molar-refractivity contribution < 1.29 is 62.8 Å². The lowest BCUT2D eigenvalue weighted by molar-refractivity contribution is -0.946. The van der Waals surface area contributed by atoms with Gasteiger partial charge in [-0.15, -0.1) is 22.7 Å². The zero-order valence-corrected chi connectivity index (χ0v) is 31.9. The Balaban J connectivity index is 0.000000245. The number of halogens is 2. The van der Waals surface area contributed by atoms with Crippen LogP contribution in [-0.4, -0.2) is 54.4 Å². The average Bonchev–Trinajstić information content (AvgIpc) is 3.87. The summed E-state index contributed by atoms with van der Waals surface area (Å²) in [6.07, 6.45) is 2.94. The van der Waals surface area contributed by atoms with Crippen molar-refractivity contribution in [2.45, 2.75) is 31.0 Å². The number of pyridine rings is 1. The Morgan fingerprint density at radius 3 is 1.94 bits per heavy atom. The quantitative estimate of drug-likeness (QED) is 0.104. The van der Waals surface area contributed by atoms with Crippen molar-refractivity contribution >= 4 is 50.4 Å². The first-order valence-corrected chi connectivity index (χ1v) is 18.1. The molecule has 6 heterocycles. The zero-order chi connectivity index (χ0) is 32.1. The first-order chi connectivity index (χ1) is 23.0. The number of aromatic amines is 1. The van der Waals surface area contributed by atoms with E-state index in [1.54, 1.807) is 0 Å². The third-order valence-electron chi connectivity index (χ3n) is 9.64. The van der Waals surface area contributed by atoms with Gasteiger partial charge in [0.2, 0.25) is 16.6 Å². The summed E-state index contributed by atoms with van der Waals surface area (Å²) in [7, 11) is 0. The van der Waals surface area contributed by atoms with Crippen LogP contribution in [0.1, 0.15) is 29.0 Å². The molecule has 2 N–H and O–H groups in total. The third-order valence-corrected chi connectivity index (χ3v) is 11.6. The fourth-order valence-electron chi connectivity index (χ4n) is 7.08. The Bertz CT molecular complexity index is 1770. The summed E-state index contributed by atoms with van der Waals surface area (Å²) in [5.74, 6) is 0.741. The molecule has 0 amide bonds. The molecule has 0 radical (unpaired) electrons. The molecule has 0 aliphatic carbocycles. The van der Waals surface area contributed by atoms with E-state index in [4.69, 9.17) is 9.47 Å². The summed E-state index contributed by atoms with van der Waals surface area (Å²) in [5.41, 5.74) is 0.639. The maximum Gasteiger partial charge on any atom is 0.349 e. The van der Waals surface area contributed by atoms with Crippen molar-refractivity contribution in [3.63, 3.8) is 0 Å². The molecule has 0 spiro atoms. The first kappa shape index (κ1) is 37.1. The van der Waals surface area contributed by atoms with Gasteiger partial charge in [0.1, 0.15) is 12.3 Å². The lowest BCUT2D eigenvalue weighted by atomic mass is 9.83. The molecule has 10 heteroatoms. The second kappa shape index (κ2) is 16.7. The standard InChI is InChI=1S/C26H30NO4S2.C13H9N.2BrH/c28-25(26(29,23-9-4-17-32-23)24-10-5-18-33-24)31-22-19-27(14-11-20(22)12-15-27)13-6-16-30-21-7-2-1-3-8-21;1-3-7-12-10(5-1)9-11-6-2-4-8-13(11)14-12;;/h1-5,7-10,17-18,20,22,29H,6,11-16,19H2;1-9H;2*1H/q+1;;;/p-1/t20?,22-,27?;;;/m0.../s1. The van der Waals surface area contributed by atoms with Crippen LogP contribution in [0.15, 0.2) is 120 Å². The number of aliphatic hydroxyl groups is 1. The van der Waals surface area contributed by atoms with E-state index >= 15 is 0 Å². The van der Waals surface area contributed by atoms with Crippen LogP contribution in [0.2, 0.25) is 0 Å². The van der Waals surface area contributed by atoms with E-state index in [2.05, 4.69) is 47.4 Å². The minimum absolute atomic E-state index is 0. The maximum atomic E-state index is 13.4. The zero-order valence-electron chi connectivity index (χ0n) is 27.1. The number of hydrogen-bond acceptors (Lipinski definition) is 6. The molecule has 3 aromatic heterocycles. The number of carbonyl (C=O) groups excluding carboxylic acids is 1. The highest BCUT2D eigenvalue weighted by molar-refractivity contribution is 7.12. The number of benzene rings is 3. The van der Waals surface area contributed by atoms with Crippen molar-refractivity contribution in [3.8, 4) is 5.75 Å². The van der Waals surface area contributed by atoms with Gasteiger partial charge in [-0.25, -0.2) is 9.78 Å². The van der Waals surface area contributed by atoms with Crippen LogP contribution in [-0.2, 0) is 15.1 Å². The van der Waals surface area contributed by atoms with Gasteiger partial charge >= 0.3 is 5.97 Å². The number of H-pyrrole nitrogens is 1. The van der Waals surface area contributed by atoms with Gasteiger partial charge in [-0.05, 0) is 53.2 Å². The summed E-state index contributed by atoms with van der Waals surface area (Å²) in [6, 6.07) is 36.1. The molecule has 3 aromatic carbocycles. The van der Waals surface area contributed by atoms with E-state index in [0.717, 1.165) is 55.7 Å². The molecule has 6 aromatic rings. The SMILES string of the molecule is O=C(O[C@H]1C[N+]2(CCCOc3ccccc3)CCC1CC2)C(O)(c1cccs1)c1cccs1.[Br-].[Br-].c1ccc2[nH+]c3ccccc3cc2c1. The van der Waals surface area contributed by atoms with Crippen molar-refractivity contribution in [3.05, 3.63) is 130 Å². The van der Waals surface area contributed by atoms with Gasteiger partial charge in [0.15, 0.2) is 6.10 Å². The topological polar surface area (TPSA) is 69.9 Å². The highest BCUT2D eigenvalue weighted by Gasteiger charge is 2.51. The van der Waals surface area contributed by atoms with E-state index in [-0.39, 0.29) is 40.1 Å². The second-order valence-corrected chi connectivity index (χ2v) is 14.5. The predicted octanol–water partition coefficient (Wildman–Crippen LogP) is 1.48. The van der Waals surface area contributed by atoms with Crippen molar-refractivity contribution in [2.24, 2.45) is 5.92 Å². The number of hydrogen-bond donors (Lipinski definition) is 1. The minimum atomic E-state index is -1.73. The molecule has 49 heavy (non-hydrogen) atoms. The van der Waals surface area contributed by atoms with E-state index in [1.165, 1.54) is 44.5 Å². The van der Waals surface area contributed by atoms with E-state index in [1.807, 2.05) is 77.5 Å². The molecular weight excluding hydrogens is 784 g/mol. The fraction of sp³-hybridized carbons (Fsp3) is 0.282. The maximum absolute atomic E-state index is 13.4. The molecule has 3 fully saturated rings. The highest BCUT2D eigenvalue weighted by Crippen LogP contribution is 2.40. The van der Waals surface area contributed by atoms with E-state index in [9.17, 15) is 9.90 Å². The smallest absolute Gasteiger partial charge is 0.349 e. The second-order valence-electron chi connectivity index (χ2n) is 12.6. The van der Waals surface area contributed by atoms with Gasteiger partial charge in [-0.3, -0.25) is 0 Å². The van der Waals surface area contributed by atoms with Crippen LogP contribution < -0.4 is 43.7 Å². The molecule has 3 aliphatic heterocycles. The number of para-hydroxylation sites is 3. The molecule has 3 saturated heterocycles. The number of piperidine rings is 3. The largest absolute Gasteiger partial charge is 1.00 e. The molecule has 3 aliphatic rings. The minimum Gasteiger partial charge on any atom is -1.00 e. The highest BCUT2D eigenvalue weighted by atomic mass is 79.9. The number of fused-ring (bicyclic) bond motifs is 5. The van der Waals surface area contributed by atoms with Crippen molar-refractivity contribution in [1.29, 1.82) is 0 Å². The molecule has 2 bridgehead atoms. The summed E-state index contributed by atoms with van der Waals surface area (Å²) in [5, 5.41) is 17.8. The Labute approximate surface area is 316 Å².